The first-order valence-corrected chi connectivity index (χ1v) is 7.26. The molecular weight excluding hydrogens is 316 g/mol. The highest BCUT2D eigenvalue weighted by molar-refractivity contribution is 6.30. The maximum atomic E-state index is 12.7. The van der Waals surface area contributed by atoms with Crippen LogP contribution in [-0.2, 0) is 4.74 Å². The van der Waals surface area contributed by atoms with E-state index in [4.69, 9.17) is 16.3 Å². The van der Waals surface area contributed by atoms with Crippen LogP contribution in [0.25, 0.3) is 16.6 Å². The van der Waals surface area contributed by atoms with E-state index in [1.807, 2.05) is 0 Å². The monoisotopic (exact) mass is 328 g/mol. The average Bonchev–Trinajstić information content (AvgIpc) is 2.55. The molecule has 0 aliphatic rings. The van der Waals surface area contributed by atoms with Crippen LogP contribution in [0.3, 0.4) is 0 Å². The lowest BCUT2D eigenvalue weighted by atomic mass is 10.1. The molecule has 0 unspecified atom stereocenters. The topological polar surface area (TPSA) is 61.2 Å². The first kappa shape index (κ1) is 15.2. The molecule has 3 rings (SSSR count). The number of methoxy groups -OCH3 is 1. The Hall–Kier alpha value is -2.66. The predicted octanol–water partition coefficient (Wildman–Crippen LogP) is 3.13. The van der Waals surface area contributed by atoms with E-state index >= 15 is 0 Å². The Kier molecular flexibility index (Phi) is 3.88. The Morgan fingerprint density at radius 2 is 1.91 bits per heavy atom. The number of hydrogen-bond donors (Lipinski definition) is 0. The summed E-state index contributed by atoms with van der Waals surface area (Å²) in [6.45, 7) is 1.70. The second-order valence-electron chi connectivity index (χ2n) is 5.01. The minimum Gasteiger partial charge on any atom is -0.465 e. The van der Waals surface area contributed by atoms with Crippen LogP contribution in [0.1, 0.15) is 16.1 Å². The van der Waals surface area contributed by atoms with Gasteiger partial charge in [0, 0.05) is 16.9 Å². The van der Waals surface area contributed by atoms with Crippen LogP contribution in [0.2, 0.25) is 5.02 Å². The lowest BCUT2D eigenvalue weighted by Crippen LogP contribution is -2.19. The first-order valence-electron chi connectivity index (χ1n) is 6.88. The summed E-state index contributed by atoms with van der Waals surface area (Å²) in [6, 6.07) is 10.2. The second-order valence-corrected chi connectivity index (χ2v) is 5.45. The van der Waals surface area contributed by atoms with Crippen LogP contribution in [0.5, 0.6) is 0 Å². The van der Waals surface area contributed by atoms with Gasteiger partial charge in [-0.25, -0.2) is 4.79 Å². The Labute approximate surface area is 137 Å². The number of fused-ring (bicyclic) bond motifs is 1. The third kappa shape index (κ3) is 2.71. The van der Waals surface area contributed by atoms with E-state index in [0.717, 1.165) is 0 Å². The van der Waals surface area contributed by atoms with Crippen LogP contribution in [0.4, 0.5) is 0 Å². The summed E-state index contributed by atoms with van der Waals surface area (Å²) >= 11 is 5.87. The van der Waals surface area contributed by atoms with Gasteiger partial charge in [-0.3, -0.25) is 14.3 Å². The van der Waals surface area contributed by atoms with Crippen molar-refractivity contribution in [3.8, 4) is 5.69 Å². The third-order valence-electron chi connectivity index (χ3n) is 3.58. The molecule has 0 aliphatic heterocycles. The van der Waals surface area contributed by atoms with Gasteiger partial charge >= 0.3 is 5.97 Å². The molecular formula is C17H13ClN2O3. The summed E-state index contributed by atoms with van der Waals surface area (Å²) in [5.41, 5.74) is 1.76. The summed E-state index contributed by atoms with van der Waals surface area (Å²) in [4.78, 5) is 28.8. The van der Waals surface area contributed by atoms with Crippen LogP contribution in [0, 0.1) is 6.92 Å². The van der Waals surface area contributed by atoms with Gasteiger partial charge in [0.05, 0.1) is 29.3 Å². The van der Waals surface area contributed by atoms with E-state index in [1.165, 1.54) is 17.7 Å². The molecule has 3 aromatic rings. The minimum absolute atomic E-state index is 0.262. The zero-order valence-electron chi connectivity index (χ0n) is 12.5. The van der Waals surface area contributed by atoms with Gasteiger partial charge in [0.2, 0.25) is 0 Å². The zero-order chi connectivity index (χ0) is 16.6. The third-order valence-corrected chi connectivity index (χ3v) is 3.84. The van der Waals surface area contributed by atoms with Crippen molar-refractivity contribution in [2.45, 2.75) is 6.92 Å². The van der Waals surface area contributed by atoms with Gasteiger partial charge < -0.3 is 4.74 Å². The highest BCUT2D eigenvalue weighted by atomic mass is 35.5. The van der Waals surface area contributed by atoms with Crippen LogP contribution in [0.15, 0.2) is 47.4 Å². The van der Waals surface area contributed by atoms with E-state index in [0.29, 0.717) is 27.3 Å². The lowest BCUT2D eigenvalue weighted by Gasteiger charge is -2.09. The quantitative estimate of drug-likeness (QED) is 0.678. The fourth-order valence-corrected chi connectivity index (χ4v) is 2.51. The maximum absolute atomic E-state index is 12.7. The number of esters is 1. The molecule has 2 heterocycles. The number of hydrogen-bond acceptors (Lipinski definition) is 4. The number of carbonyl (C=O) groups is 1. The number of benzene rings is 1. The van der Waals surface area contributed by atoms with Crippen LogP contribution >= 0.6 is 11.6 Å². The molecule has 1 aromatic carbocycles. The number of halogens is 1. The molecule has 0 N–H and O–H groups in total. The smallest absolute Gasteiger partial charge is 0.339 e. The number of aromatic nitrogens is 2. The van der Waals surface area contributed by atoms with Gasteiger partial charge in [0.25, 0.3) is 5.56 Å². The summed E-state index contributed by atoms with van der Waals surface area (Å²) in [5.74, 6) is -0.516. The molecule has 0 bridgehead atoms. The Morgan fingerprint density at radius 1 is 1.22 bits per heavy atom. The fourth-order valence-electron chi connectivity index (χ4n) is 2.39. The van der Waals surface area contributed by atoms with E-state index in [-0.39, 0.29) is 11.1 Å². The number of pyridine rings is 2. The SMILES string of the molecule is COC(=O)c1cc2c(=O)n(-c3ccc(Cl)cc3)ccc2nc1C. The van der Waals surface area contributed by atoms with Crippen molar-refractivity contribution in [3.63, 3.8) is 0 Å². The molecule has 0 aliphatic carbocycles. The van der Waals surface area contributed by atoms with Gasteiger partial charge in [-0.15, -0.1) is 0 Å². The molecule has 23 heavy (non-hydrogen) atoms. The van der Waals surface area contributed by atoms with Gasteiger partial charge in [-0.05, 0) is 43.3 Å². The van der Waals surface area contributed by atoms with Crippen molar-refractivity contribution < 1.29 is 9.53 Å². The molecule has 0 amide bonds. The van der Waals surface area contributed by atoms with Gasteiger partial charge in [-0.2, -0.15) is 0 Å². The van der Waals surface area contributed by atoms with Crippen molar-refractivity contribution >= 4 is 28.5 Å². The molecule has 0 radical (unpaired) electrons. The Bertz CT molecular complexity index is 962. The molecule has 6 heteroatoms. The van der Waals surface area contributed by atoms with Gasteiger partial charge in [0.15, 0.2) is 0 Å². The number of aryl methyl sites for hydroxylation is 1. The van der Waals surface area contributed by atoms with Crippen molar-refractivity contribution in [2.24, 2.45) is 0 Å². The van der Waals surface area contributed by atoms with E-state index in [9.17, 15) is 9.59 Å². The predicted molar refractivity (Wildman–Crippen MR) is 88.4 cm³/mol. The number of nitrogens with zero attached hydrogens (tertiary/aromatic N) is 2. The fraction of sp³-hybridized carbons (Fsp3) is 0.118. The molecule has 0 atom stereocenters. The van der Waals surface area contributed by atoms with Gasteiger partial charge in [0.1, 0.15) is 0 Å². The van der Waals surface area contributed by atoms with E-state index < -0.39 is 5.97 Å². The summed E-state index contributed by atoms with van der Waals surface area (Å²) in [7, 11) is 1.29. The number of rotatable bonds is 2. The van der Waals surface area contributed by atoms with E-state index in [2.05, 4.69) is 4.98 Å². The molecule has 2 aromatic heterocycles. The number of carbonyl (C=O) groups excluding carboxylic acids is 1. The second kappa shape index (κ2) is 5.85. The molecule has 0 fully saturated rings. The minimum atomic E-state index is -0.516. The summed E-state index contributed by atoms with van der Waals surface area (Å²) in [6.07, 6.45) is 1.65. The Balaban J connectivity index is 2.25. The normalized spacial score (nSPS) is 10.7. The zero-order valence-corrected chi connectivity index (χ0v) is 13.3. The Morgan fingerprint density at radius 3 is 2.57 bits per heavy atom. The standard InChI is InChI=1S/C17H13ClN2O3/c1-10-13(17(22)23-2)9-14-15(19-10)7-8-20(16(14)21)12-5-3-11(18)4-6-12/h3-9H,1-2H3. The average molecular weight is 329 g/mol. The molecule has 116 valence electrons. The maximum Gasteiger partial charge on any atom is 0.339 e. The van der Waals surface area contributed by atoms with Crippen molar-refractivity contribution in [1.29, 1.82) is 0 Å². The summed E-state index contributed by atoms with van der Waals surface area (Å²) < 4.78 is 6.21. The first-order chi connectivity index (χ1) is 11.0. The molecule has 0 spiro atoms. The van der Waals surface area contributed by atoms with E-state index in [1.54, 1.807) is 43.5 Å². The molecule has 5 nitrogen and oxygen atoms in total. The molecule has 0 saturated heterocycles. The summed E-state index contributed by atoms with van der Waals surface area (Å²) in [5, 5.41) is 0.946. The van der Waals surface area contributed by atoms with Crippen molar-refractivity contribution in [3.05, 3.63) is 69.2 Å². The largest absolute Gasteiger partial charge is 0.465 e. The highest BCUT2D eigenvalue weighted by Crippen LogP contribution is 2.17. The highest BCUT2D eigenvalue weighted by Gasteiger charge is 2.14. The van der Waals surface area contributed by atoms with Crippen molar-refractivity contribution in [1.82, 2.24) is 9.55 Å². The lowest BCUT2D eigenvalue weighted by molar-refractivity contribution is 0.0599. The van der Waals surface area contributed by atoms with Crippen molar-refractivity contribution in [2.75, 3.05) is 7.11 Å². The molecule has 0 saturated carbocycles. The number of ether oxygens (including phenoxy) is 1. The van der Waals surface area contributed by atoms with Crippen LogP contribution in [-0.4, -0.2) is 22.6 Å². The van der Waals surface area contributed by atoms with Gasteiger partial charge in [-0.1, -0.05) is 11.6 Å². The van der Waals surface area contributed by atoms with Crippen LogP contribution < -0.4 is 5.56 Å².